The maximum absolute atomic E-state index is 4.31. The van der Waals surface area contributed by atoms with Crippen LogP contribution in [0.15, 0.2) is 194 Å². The fraction of sp³-hybridized carbons (Fsp3) is 0.0625. The highest BCUT2D eigenvalue weighted by molar-refractivity contribution is 7.20. The molecule has 0 unspecified atom stereocenters. The van der Waals surface area contributed by atoms with Gasteiger partial charge < -0.3 is 9.80 Å². The number of hydrogen-bond acceptors (Lipinski definition) is 4. The normalized spacial score (nSPS) is 12.4. The van der Waals surface area contributed by atoms with Gasteiger partial charge in [0.25, 0.3) is 0 Å². The Morgan fingerprint density at radius 1 is 0.519 bits per heavy atom. The second kappa shape index (κ2) is 15.6. The fourth-order valence-corrected chi connectivity index (χ4v) is 9.37. The first-order valence-corrected chi connectivity index (χ1v) is 19.3. The van der Waals surface area contributed by atoms with Crippen molar-refractivity contribution in [2.75, 3.05) is 9.80 Å². The van der Waals surface area contributed by atoms with Crippen LogP contribution in [-0.2, 0) is 0 Å². The van der Waals surface area contributed by atoms with Crippen LogP contribution < -0.4 is 9.80 Å². The number of allylic oxidation sites excluding steroid dienone is 4. The number of benzene rings is 5. The van der Waals surface area contributed by atoms with Gasteiger partial charge in [-0.2, -0.15) is 0 Å². The minimum absolute atomic E-state index is 0.935. The molecule has 252 valence electrons. The number of para-hydroxylation sites is 4. The van der Waals surface area contributed by atoms with Crippen molar-refractivity contribution in [3.05, 3.63) is 210 Å². The smallest absolute Gasteiger partial charge is 0.109 e. The SMILES string of the molecule is C=C=C(c1cc(C2=CCC=CCC2)c(N(c2ccccc2)c2ccccc2)s1)c1cc(-c2ccccc2)c(N(c2ccccc2)c2ccccc2)s1. The van der Waals surface area contributed by atoms with E-state index >= 15 is 0 Å². The van der Waals surface area contributed by atoms with Gasteiger partial charge in [0.2, 0.25) is 0 Å². The minimum Gasteiger partial charge on any atom is -0.301 e. The first-order valence-electron chi connectivity index (χ1n) is 17.7. The topological polar surface area (TPSA) is 6.48 Å². The summed E-state index contributed by atoms with van der Waals surface area (Å²) >= 11 is 3.61. The monoisotopic (exact) mass is 706 g/mol. The molecule has 1 aliphatic rings. The van der Waals surface area contributed by atoms with Gasteiger partial charge in [-0.05, 0) is 91.1 Å². The molecule has 0 bridgehead atoms. The van der Waals surface area contributed by atoms with E-state index in [0.29, 0.717) is 0 Å². The Balaban J connectivity index is 1.32. The zero-order chi connectivity index (χ0) is 35.1. The van der Waals surface area contributed by atoms with Crippen LogP contribution in [0.3, 0.4) is 0 Å². The maximum atomic E-state index is 4.31. The predicted octanol–water partition coefficient (Wildman–Crippen LogP) is 14.8. The first-order chi connectivity index (χ1) is 25.8. The Morgan fingerprint density at radius 2 is 0.942 bits per heavy atom. The summed E-state index contributed by atoms with van der Waals surface area (Å²) < 4.78 is 0. The Kier molecular flexibility index (Phi) is 9.95. The van der Waals surface area contributed by atoms with Crippen LogP contribution >= 0.6 is 22.7 Å². The van der Waals surface area contributed by atoms with Crippen molar-refractivity contribution in [1.29, 1.82) is 0 Å². The van der Waals surface area contributed by atoms with Crippen LogP contribution in [0.1, 0.15) is 34.6 Å². The van der Waals surface area contributed by atoms with Crippen molar-refractivity contribution < 1.29 is 0 Å². The van der Waals surface area contributed by atoms with Crippen molar-refractivity contribution >= 4 is 66.6 Å². The van der Waals surface area contributed by atoms with E-state index in [1.165, 1.54) is 27.3 Å². The molecule has 52 heavy (non-hydrogen) atoms. The van der Waals surface area contributed by atoms with Gasteiger partial charge in [-0.3, -0.25) is 0 Å². The molecule has 0 atom stereocenters. The molecule has 1 aliphatic carbocycles. The van der Waals surface area contributed by atoms with E-state index in [9.17, 15) is 0 Å². The molecule has 0 radical (unpaired) electrons. The van der Waals surface area contributed by atoms with Crippen LogP contribution in [0, 0.1) is 0 Å². The van der Waals surface area contributed by atoms with Gasteiger partial charge in [0, 0.05) is 43.6 Å². The number of anilines is 6. The van der Waals surface area contributed by atoms with E-state index in [0.717, 1.165) is 62.3 Å². The van der Waals surface area contributed by atoms with E-state index in [4.69, 9.17) is 0 Å². The van der Waals surface area contributed by atoms with E-state index in [2.05, 4.69) is 204 Å². The van der Waals surface area contributed by atoms with Crippen molar-refractivity contribution in [3.8, 4) is 11.1 Å². The van der Waals surface area contributed by atoms with Crippen LogP contribution in [0.25, 0.3) is 22.3 Å². The number of thiophene rings is 2. The van der Waals surface area contributed by atoms with Crippen LogP contribution in [-0.4, -0.2) is 0 Å². The molecule has 0 saturated carbocycles. The lowest BCUT2D eigenvalue weighted by atomic mass is 10.0. The largest absolute Gasteiger partial charge is 0.301 e. The number of hydrogen-bond donors (Lipinski definition) is 0. The molecule has 5 aromatic carbocycles. The average Bonchev–Trinajstić information content (AvgIpc) is 3.73. The highest BCUT2D eigenvalue weighted by Crippen LogP contribution is 2.51. The highest BCUT2D eigenvalue weighted by atomic mass is 32.1. The summed E-state index contributed by atoms with van der Waals surface area (Å²) in [6.07, 6.45) is 9.95. The zero-order valence-electron chi connectivity index (χ0n) is 28.9. The Bertz CT molecular complexity index is 2290. The predicted molar refractivity (Wildman–Crippen MR) is 226 cm³/mol. The van der Waals surface area contributed by atoms with Gasteiger partial charge in [-0.1, -0.05) is 128 Å². The molecule has 0 aliphatic heterocycles. The standard InChI is InChI=1S/C48H38N2S2/c1-2-42(46-35-44(37-24-12-5-13-25-37)48(52-46)50(40-30-18-8-19-31-40)41-32-20-9-21-33-41)45-34-43(36-22-10-3-4-11-23-36)47(51-45)49(38-26-14-6-15-27-38)39-28-16-7-17-29-39/h3-9,12-22,24-35H,1,10-11,23H2. The molecule has 0 amide bonds. The molecular formula is C48H38N2S2. The summed E-state index contributed by atoms with van der Waals surface area (Å²) in [5, 5.41) is 2.35. The average molecular weight is 707 g/mol. The van der Waals surface area contributed by atoms with E-state index in [-0.39, 0.29) is 0 Å². The van der Waals surface area contributed by atoms with Crippen LogP contribution in [0.4, 0.5) is 32.8 Å². The number of rotatable bonds is 10. The third-order valence-corrected chi connectivity index (χ3v) is 11.5. The molecule has 0 fully saturated rings. The second-order valence-corrected chi connectivity index (χ2v) is 14.6. The van der Waals surface area contributed by atoms with Gasteiger partial charge in [-0.15, -0.1) is 28.4 Å². The molecule has 8 rings (SSSR count). The second-order valence-electron chi connectivity index (χ2n) is 12.6. The van der Waals surface area contributed by atoms with Crippen LogP contribution in [0.5, 0.6) is 0 Å². The quantitative estimate of drug-likeness (QED) is 0.103. The van der Waals surface area contributed by atoms with Crippen molar-refractivity contribution in [1.82, 2.24) is 0 Å². The Morgan fingerprint density at radius 3 is 1.40 bits per heavy atom. The van der Waals surface area contributed by atoms with E-state index < -0.39 is 0 Å². The Labute approximate surface area is 314 Å². The summed E-state index contributed by atoms with van der Waals surface area (Å²) in [5.41, 5.74) is 13.9. The summed E-state index contributed by atoms with van der Waals surface area (Å²) in [5.74, 6) is 0. The lowest BCUT2D eigenvalue weighted by molar-refractivity contribution is 1.07. The van der Waals surface area contributed by atoms with Gasteiger partial charge in [0.15, 0.2) is 0 Å². The highest BCUT2D eigenvalue weighted by Gasteiger charge is 2.26. The third-order valence-electron chi connectivity index (χ3n) is 9.24. The van der Waals surface area contributed by atoms with Gasteiger partial charge in [0.05, 0.1) is 5.57 Å². The molecule has 2 heterocycles. The molecule has 0 N–H and O–H groups in total. The van der Waals surface area contributed by atoms with Crippen molar-refractivity contribution in [2.24, 2.45) is 0 Å². The van der Waals surface area contributed by atoms with Gasteiger partial charge >= 0.3 is 0 Å². The molecule has 4 heteroatoms. The number of nitrogens with zero attached hydrogens (tertiary/aromatic N) is 2. The fourth-order valence-electron chi connectivity index (χ4n) is 6.78. The Hall–Kier alpha value is -5.90. The van der Waals surface area contributed by atoms with Crippen molar-refractivity contribution in [3.63, 3.8) is 0 Å². The van der Waals surface area contributed by atoms with E-state index in [1.807, 2.05) is 11.3 Å². The maximum Gasteiger partial charge on any atom is 0.109 e. The molecule has 0 spiro atoms. The zero-order valence-corrected chi connectivity index (χ0v) is 30.5. The van der Waals surface area contributed by atoms with Crippen LogP contribution in [0.2, 0.25) is 0 Å². The molecule has 2 nitrogen and oxygen atoms in total. The lowest BCUT2D eigenvalue weighted by Crippen LogP contribution is -2.09. The third kappa shape index (κ3) is 6.88. The molecular weight excluding hydrogens is 669 g/mol. The minimum atomic E-state index is 0.935. The summed E-state index contributed by atoms with van der Waals surface area (Å²) in [4.78, 5) is 7.06. The lowest BCUT2D eigenvalue weighted by Gasteiger charge is -2.25. The summed E-state index contributed by atoms with van der Waals surface area (Å²) in [6, 6.07) is 58.1. The first kappa shape index (κ1) is 33.3. The van der Waals surface area contributed by atoms with Gasteiger partial charge in [-0.25, -0.2) is 0 Å². The van der Waals surface area contributed by atoms with E-state index in [1.54, 1.807) is 11.3 Å². The molecule has 2 aromatic heterocycles. The molecule has 7 aromatic rings. The van der Waals surface area contributed by atoms with Crippen molar-refractivity contribution in [2.45, 2.75) is 19.3 Å². The van der Waals surface area contributed by atoms with Gasteiger partial charge in [0.1, 0.15) is 10.0 Å². The summed E-state index contributed by atoms with van der Waals surface area (Å²) in [6.45, 7) is 4.31. The summed E-state index contributed by atoms with van der Waals surface area (Å²) in [7, 11) is 0. The molecule has 0 saturated heterocycles.